The lowest BCUT2D eigenvalue weighted by atomic mass is 9.87. The Labute approximate surface area is 181 Å². The van der Waals surface area contributed by atoms with Crippen molar-refractivity contribution < 1.29 is 24.2 Å². The van der Waals surface area contributed by atoms with Gasteiger partial charge in [-0.3, -0.25) is 9.78 Å². The maximum Gasteiger partial charge on any atom is 0.407 e. The number of nitrogens with zero attached hydrogens (tertiary/aromatic N) is 4. The predicted molar refractivity (Wildman–Crippen MR) is 111 cm³/mol. The number of rotatable bonds is 6. The summed E-state index contributed by atoms with van der Waals surface area (Å²) < 4.78 is 12.8. The lowest BCUT2D eigenvalue weighted by molar-refractivity contribution is -0.143. The van der Waals surface area contributed by atoms with E-state index in [2.05, 4.69) is 20.6 Å². The first kappa shape index (κ1) is 22.5. The number of carbonyl (C=O) groups is 2. The standard InChI is InChI=1S/C21H29N5O5/c1-21(2,3)31-20(29)23-12-17-18(24-25-26(17)4)16-9-8-15(11-22-16)30-14-7-5-6-13(10-14)19(27)28/h8-9,11,13-14H,5-7,10,12H2,1-4H3,(H,23,29)(H,27,28). The Hall–Kier alpha value is -3.17. The van der Waals surface area contributed by atoms with Crippen LogP contribution in [-0.4, -0.2) is 48.9 Å². The van der Waals surface area contributed by atoms with Gasteiger partial charge in [-0.05, 0) is 58.6 Å². The second kappa shape index (κ2) is 9.32. The zero-order chi connectivity index (χ0) is 22.6. The summed E-state index contributed by atoms with van der Waals surface area (Å²) in [6, 6.07) is 3.56. The number of aryl methyl sites for hydroxylation is 1. The molecular weight excluding hydrogens is 402 g/mol. The van der Waals surface area contributed by atoms with Crippen molar-refractivity contribution in [3.8, 4) is 17.1 Å². The minimum absolute atomic E-state index is 0.132. The highest BCUT2D eigenvalue weighted by Crippen LogP contribution is 2.28. The molecule has 0 saturated heterocycles. The molecule has 10 nitrogen and oxygen atoms in total. The zero-order valence-electron chi connectivity index (χ0n) is 18.3. The van der Waals surface area contributed by atoms with Gasteiger partial charge >= 0.3 is 12.1 Å². The van der Waals surface area contributed by atoms with Gasteiger partial charge in [-0.2, -0.15) is 0 Å². The minimum Gasteiger partial charge on any atom is -0.489 e. The number of hydrogen-bond donors (Lipinski definition) is 2. The minimum atomic E-state index is -0.767. The van der Waals surface area contributed by atoms with Gasteiger partial charge in [0.1, 0.15) is 17.0 Å². The summed E-state index contributed by atoms with van der Waals surface area (Å²) in [6.45, 7) is 5.58. The van der Waals surface area contributed by atoms with Crippen molar-refractivity contribution >= 4 is 12.1 Å². The monoisotopic (exact) mass is 431 g/mol. The zero-order valence-corrected chi connectivity index (χ0v) is 18.3. The lowest BCUT2D eigenvalue weighted by Gasteiger charge is -2.27. The van der Waals surface area contributed by atoms with E-state index in [-0.39, 0.29) is 18.6 Å². The van der Waals surface area contributed by atoms with E-state index in [9.17, 15) is 14.7 Å². The van der Waals surface area contributed by atoms with E-state index >= 15 is 0 Å². The Bertz CT molecular complexity index is 919. The summed E-state index contributed by atoms with van der Waals surface area (Å²) in [6.07, 6.45) is 3.80. The average Bonchev–Trinajstić information content (AvgIpc) is 3.06. The number of hydrogen-bond acceptors (Lipinski definition) is 7. The molecule has 10 heteroatoms. The summed E-state index contributed by atoms with van der Waals surface area (Å²) in [4.78, 5) is 27.6. The first-order valence-corrected chi connectivity index (χ1v) is 10.3. The highest BCUT2D eigenvalue weighted by Gasteiger charge is 2.28. The highest BCUT2D eigenvalue weighted by molar-refractivity contribution is 5.70. The molecule has 1 aliphatic carbocycles. The predicted octanol–water partition coefficient (Wildman–Crippen LogP) is 2.92. The molecule has 168 valence electrons. The molecule has 0 spiro atoms. The Morgan fingerprint density at radius 3 is 2.71 bits per heavy atom. The van der Waals surface area contributed by atoms with Gasteiger partial charge in [0, 0.05) is 7.05 Å². The Balaban J connectivity index is 1.65. The van der Waals surface area contributed by atoms with Gasteiger partial charge in [0.05, 0.1) is 36.2 Å². The molecule has 3 rings (SSSR count). The van der Waals surface area contributed by atoms with Gasteiger partial charge in [0.2, 0.25) is 0 Å². The van der Waals surface area contributed by atoms with Crippen LogP contribution in [0, 0.1) is 5.92 Å². The van der Waals surface area contributed by atoms with E-state index in [0.717, 1.165) is 12.8 Å². The first-order valence-electron chi connectivity index (χ1n) is 10.3. The van der Waals surface area contributed by atoms with Crippen molar-refractivity contribution in [3.63, 3.8) is 0 Å². The van der Waals surface area contributed by atoms with E-state index in [0.29, 0.717) is 35.7 Å². The molecular formula is C21H29N5O5. The Morgan fingerprint density at radius 1 is 1.29 bits per heavy atom. The number of aliphatic carboxylic acids is 1. The molecule has 1 amide bonds. The average molecular weight is 431 g/mol. The number of carbonyl (C=O) groups excluding carboxylic acids is 1. The molecule has 31 heavy (non-hydrogen) atoms. The van der Waals surface area contributed by atoms with Crippen LogP contribution in [-0.2, 0) is 23.1 Å². The van der Waals surface area contributed by atoms with Gasteiger partial charge in [-0.1, -0.05) is 5.21 Å². The fourth-order valence-corrected chi connectivity index (χ4v) is 3.50. The van der Waals surface area contributed by atoms with E-state index in [4.69, 9.17) is 9.47 Å². The van der Waals surface area contributed by atoms with Crippen molar-refractivity contribution in [2.45, 2.75) is 64.7 Å². The first-order chi connectivity index (χ1) is 14.6. The third-order valence-electron chi connectivity index (χ3n) is 5.00. The molecule has 2 unspecified atom stereocenters. The number of ether oxygens (including phenoxy) is 2. The molecule has 0 aromatic carbocycles. The smallest absolute Gasteiger partial charge is 0.407 e. The van der Waals surface area contributed by atoms with Crippen LogP contribution in [0.4, 0.5) is 4.79 Å². The second-order valence-corrected chi connectivity index (χ2v) is 8.68. The molecule has 2 aromatic heterocycles. The SMILES string of the molecule is Cn1nnc(-c2ccc(OC3CCCC(C(=O)O)C3)cn2)c1CNC(=O)OC(C)(C)C. The van der Waals surface area contributed by atoms with Crippen molar-refractivity contribution in [3.05, 3.63) is 24.0 Å². The van der Waals surface area contributed by atoms with Gasteiger partial charge < -0.3 is 19.9 Å². The van der Waals surface area contributed by atoms with Crippen LogP contribution in [0.3, 0.4) is 0 Å². The van der Waals surface area contributed by atoms with E-state index in [1.165, 1.54) is 0 Å². The molecule has 2 heterocycles. The van der Waals surface area contributed by atoms with Crippen LogP contribution < -0.4 is 10.1 Å². The maximum atomic E-state index is 12.0. The van der Waals surface area contributed by atoms with E-state index in [1.807, 2.05) is 0 Å². The number of nitrogens with one attached hydrogen (secondary N) is 1. The summed E-state index contributed by atoms with van der Waals surface area (Å²) in [5.41, 5.74) is 1.24. The van der Waals surface area contributed by atoms with Gasteiger partial charge in [-0.15, -0.1) is 5.10 Å². The molecule has 0 radical (unpaired) electrons. The summed E-state index contributed by atoms with van der Waals surface area (Å²) >= 11 is 0. The van der Waals surface area contributed by atoms with Crippen molar-refractivity contribution in [2.75, 3.05) is 0 Å². The highest BCUT2D eigenvalue weighted by atomic mass is 16.6. The second-order valence-electron chi connectivity index (χ2n) is 8.68. The third-order valence-corrected chi connectivity index (χ3v) is 5.00. The molecule has 2 N–H and O–H groups in total. The van der Waals surface area contributed by atoms with Gasteiger partial charge in [-0.25, -0.2) is 9.48 Å². The molecule has 1 fully saturated rings. The van der Waals surface area contributed by atoms with E-state index < -0.39 is 17.7 Å². The number of alkyl carbamates (subject to hydrolysis) is 1. The Morgan fingerprint density at radius 2 is 2.06 bits per heavy atom. The topological polar surface area (TPSA) is 128 Å². The number of pyridine rings is 1. The number of aromatic nitrogens is 4. The summed E-state index contributed by atoms with van der Waals surface area (Å²) in [5.74, 6) is -0.542. The molecule has 2 atom stereocenters. The molecule has 1 saturated carbocycles. The molecule has 0 aliphatic heterocycles. The Kier molecular flexibility index (Phi) is 6.77. The van der Waals surface area contributed by atoms with Crippen LogP contribution in [0.5, 0.6) is 5.75 Å². The maximum absolute atomic E-state index is 12.0. The molecule has 1 aliphatic rings. The lowest BCUT2D eigenvalue weighted by Crippen LogP contribution is -2.32. The van der Waals surface area contributed by atoms with Gasteiger partial charge in [0.25, 0.3) is 0 Å². The third kappa shape index (κ3) is 6.16. The van der Waals surface area contributed by atoms with Crippen molar-refractivity contribution in [1.29, 1.82) is 0 Å². The number of carboxylic acid groups (broad SMARTS) is 1. The number of carboxylic acids is 1. The molecule has 2 aromatic rings. The summed E-state index contributed by atoms with van der Waals surface area (Å²) in [7, 11) is 1.74. The summed E-state index contributed by atoms with van der Waals surface area (Å²) in [5, 5.41) is 20.1. The van der Waals surface area contributed by atoms with Gasteiger partial charge in [0.15, 0.2) is 0 Å². The fourth-order valence-electron chi connectivity index (χ4n) is 3.50. The van der Waals surface area contributed by atoms with Crippen LogP contribution in [0.1, 0.15) is 52.1 Å². The number of amides is 1. The largest absolute Gasteiger partial charge is 0.489 e. The van der Waals surface area contributed by atoms with Crippen molar-refractivity contribution in [2.24, 2.45) is 13.0 Å². The van der Waals surface area contributed by atoms with Crippen LogP contribution in [0.15, 0.2) is 18.3 Å². The molecule has 0 bridgehead atoms. The van der Waals surface area contributed by atoms with Crippen LogP contribution >= 0.6 is 0 Å². The quantitative estimate of drug-likeness (QED) is 0.714. The van der Waals surface area contributed by atoms with Crippen LogP contribution in [0.25, 0.3) is 11.4 Å². The normalized spacial score (nSPS) is 19.0. The van der Waals surface area contributed by atoms with Crippen LogP contribution in [0.2, 0.25) is 0 Å². The van der Waals surface area contributed by atoms with E-state index in [1.54, 1.807) is 50.8 Å². The fraction of sp³-hybridized carbons (Fsp3) is 0.571. The van der Waals surface area contributed by atoms with Crippen molar-refractivity contribution in [1.82, 2.24) is 25.3 Å².